The van der Waals surface area contributed by atoms with Gasteiger partial charge in [-0.05, 0) is 19.4 Å². The van der Waals surface area contributed by atoms with E-state index in [1.165, 1.54) is 4.90 Å². The predicted octanol–water partition coefficient (Wildman–Crippen LogP) is 3.44. The van der Waals surface area contributed by atoms with E-state index in [1.807, 2.05) is 43.5 Å². The van der Waals surface area contributed by atoms with Crippen LogP contribution in [0, 0.1) is 6.92 Å². The summed E-state index contributed by atoms with van der Waals surface area (Å²) in [6.45, 7) is 6.18. The monoisotopic (exact) mass is 467 g/mol. The summed E-state index contributed by atoms with van der Waals surface area (Å²) >= 11 is 1.55. The second-order valence-electron chi connectivity index (χ2n) is 7.46. The first-order valence-corrected chi connectivity index (χ1v) is 11.6. The number of likely N-dealkylation sites (N-methyl/N-ethyl adjacent to an activating group) is 1. The molecule has 0 aliphatic heterocycles. The van der Waals surface area contributed by atoms with Gasteiger partial charge in [0.1, 0.15) is 23.5 Å². The lowest BCUT2D eigenvalue weighted by Crippen LogP contribution is -2.46. The van der Waals surface area contributed by atoms with Crippen molar-refractivity contribution in [3.63, 3.8) is 0 Å². The molecule has 0 fully saturated rings. The largest absolute Gasteiger partial charge is 0.368 e. The Morgan fingerprint density at radius 2 is 1.85 bits per heavy atom. The summed E-state index contributed by atoms with van der Waals surface area (Å²) in [4.78, 5) is 39.8. The average Bonchev–Trinajstić information content (AvgIpc) is 3.28. The number of nitrogens with zero attached hydrogens (tertiary/aromatic N) is 4. The highest BCUT2D eigenvalue weighted by molar-refractivity contribution is 7.18. The molecule has 2 amide bonds. The van der Waals surface area contributed by atoms with E-state index < -0.39 is 6.04 Å². The third-order valence-electron chi connectivity index (χ3n) is 5.02. The van der Waals surface area contributed by atoms with Gasteiger partial charge in [0.25, 0.3) is 0 Å². The fraction of sp³-hybridized carbons (Fsp3) is 0.348. The summed E-state index contributed by atoms with van der Waals surface area (Å²) in [7, 11) is 1.64. The molecule has 0 bridgehead atoms. The number of thiazole rings is 1. The Morgan fingerprint density at radius 3 is 2.58 bits per heavy atom. The molecule has 0 radical (unpaired) electrons. The van der Waals surface area contributed by atoms with Crippen molar-refractivity contribution in [2.45, 2.75) is 33.2 Å². The number of carbonyl (C=O) groups is 2. The lowest BCUT2D eigenvalue weighted by Gasteiger charge is -2.23. The van der Waals surface area contributed by atoms with Gasteiger partial charge in [0.15, 0.2) is 5.13 Å². The summed E-state index contributed by atoms with van der Waals surface area (Å²) in [5, 5.41) is 10.0. The molecule has 0 spiro atoms. The predicted molar refractivity (Wildman–Crippen MR) is 132 cm³/mol. The minimum Gasteiger partial charge on any atom is -0.368 e. The van der Waals surface area contributed by atoms with Crippen LogP contribution in [-0.4, -0.2) is 57.8 Å². The number of aryl methyl sites for hydroxylation is 1. The lowest BCUT2D eigenvalue weighted by molar-refractivity contribution is -0.138. The summed E-state index contributed by atoms with van der Waals surface area (Å²) in [6, 6.07) is 11.4. The molecule has 3 aromatic rings. The minimum absolute atomic E-state index is 0.0663. The molecule has 0 aliphatic rings. The first-order valence-electron chi connectivity index (χ1n) is 10.8. The SMILES string of the molecule is CCC(=O)N(C)C(C)C(=O)NCCNc1cc(Nc2ncc(-c3ccccc3)s2)nc(C)n1. The first-order chi connectivity index (χ1) is 15.9. The molecular weight excluding hydrogens is 438 g/mol. The molecule has 0 saturated carbocycles. The number of amides is 2. The van der Waals surface area contributed by atoms with Crippen LogP contribution in [0.3, 0.4) is 0 Å². The Labute approximate surface area is 197 Å². The van der Waals surface area contributed by atoms with Crippen LogP contribution in [0.25, 0.3) is 10.4 Å². The van der Waals surface area contributed by atoms with Crippen molar-refractivity contribution in [3.8, 4) is 10.4 Å². The third-order valence-corrected chi connectivity index (χ3v) is 5.99. The average molecular weight is 468 g/mol. The number of anilines is 3. The van der Waals surface area contributed by atoms with Crippen molar-refractivity contribution in [1.82, 2.24) is 25.2 Å². The zero-order valence-corrected chi connectivity index (χ0v) is 20.1. The number of aromatic nitrogens is 3. The molecule has 2 heterocycles. The van der Waals surface area contributed by atoms with Gasteiger partial charge >= 0.3 is 0 Å². The van der Waals surface area contributed by atoms with Crippen molar-refractivity contribution in [2.24, 2.45) is 0 Å². The summed E-state index contributed by atoms with van der Waals surface area (Å²) in [5.41, 5.74) is 1.12. The van der Waals surface area contributed by atoms with Crippen LogP contribution in [0.1, 0.15) is 26.1 Å². The van der Waals surface area contributed by atoms with E-state index in [1.54, 1.807) is 38.3 Å². The van der Waals surface area contributed by atoms with Crippen molar-refractivity contribution in [3.05, 3.63) is 48.4 Å². The molecule has 0 aliphatic carbocycles. The van der Waals surface area contributed by atoms with Crippen LogP contribution in [0.5, 0.6) is 0 Å². The van der Waals surface area contributed by atoms with Crippen LogP contribution < -0.4 is 16.0 Å². The van der Waals surface area contributed by atoms with Gasteiger partial charge in [-0.15, -0.1) is 0 Å². The Morgan fingerprint density at radius 1 is 1.12 bits per heavy atom. The molecule has 1 unspecified atom stereocenters. The topological polar surface area (TPSA) is 112 Å². The minimum atomic E-state index is -0.520. The molecule has 174 valence electrons. The van der Waals surface area contributed by atoms with Gasteiger partial charge in [0, 0.05) is 38.8 Å². The molecule has 9 nitrogen and oxygen atoms in total. The molecule has 33 heavy (non-hydrogen) atoms. The van der Waals surface area contributed by atoms with E-state index >= 15 is 0 Å². The van der Waals surface area contributed by atoms with E-state index in [0.29, 0.717) is 37.0 Å². The molecular formula is C23H29N7O2S. The van der Waals surface area contributed by atoms with E-state index in [-0.39, 0.29) is 11.8 Å². The zero-order chi connectivity index (χ0) is 23.8. The number of rotatable bonds is 10. The van der Waals surface area contributed by atoms with E-state index in [0.717, 1.165) is 15.6 Å². The third kappa shape index (κ3) is 6.72. The maximum absolute atomic E-state index is 12.3. The fourth-order valence-corrected chi connectivity index (χ4v) is 3.89. The molecule has 3 rings (SSSR count). The Kier molecular flexibility index (Phi) is 8.31. The van der Waals surface area contributed by atoms with Crippen molar-refractivity contribution in [2.75, 3.05) is 30.8 Å². The normalized spacial score (nSPS) is 11.5. The second kappa shape index (κ2) is 11.4. The zero-order valence-electron chi connectivity index (χ0n) is 19.3. The van der Waals surface area contributed by atoms with Crippen LogP contribution >= 0.6 is 11.3 Å². The molecule has 0 saturated heterocycles. The van der Waals surface area contributed by atoms with Crippen LogP contribution in [0.15, 0.2) is 42.6 Å². The highest BCUT2D eigenvalue weighted by Gasteiger charge is 2.20. The summed E-state index contributed by atoms with van der Waals surface area (Å²) in [5.74, 6) is 1.63. The summed E-state index contributed by atoms with van der Waals surface area (Å²) < 4.78 is 0. The first kappa shape index (κ1) is 24.1. The van der Waals surface area contributed by atoms with E-state index in [2.05, 4.69) is 30.9 Å². The van der Waals surface area contributed by atoms with Crippen LogP contribution in [0.4, 0.5) is 16.8 Å². The van der Waals surface area contributed by atoms with E-state index in [9.17, 15) is 9.59 Å². The van der Waals surface area contributed by atoms with Crippen molar-refractivity contribution >= 4 is 39.9 Å². The maximum Gasteiger partial charge on any atom is 0.242 e. The molecule has 10 heteroatoms. The van der Waals surface area contributed by atoms with Gasteiger partial charge in [-0.25, -0.2) is 15.0 Å². The van der Waals surface area contributed by atoms with E-state index in [4.69, 9.17) is 0 Å². The van der Waals surface area contributed by atoms with Gasteiger partial charge < -0.3 is 20.9 Å². The standard InChI is InChI=1S/C23H29N7O2S/c1-5-21(31)30(4)15(2)22(32)25-12-11-24-19-13-20(28-16(3)27-19)29-23-26-14-18(33-23)17-9-7-6-8-10-17/h6-10,13-15H,5,11-12H2,1-4H3,(H,25,32)(H2,24,26,27,28,29). The van der Waals surface area contributed by atoms with Crippen LogP contribution in [-0.2, 0) is 9.59 Å². The lowest BCUT2D eigenvalue weighted by atomic mass is 10.2. The van der Waals surface area contributed by atoms with Gasteiger partial charge in [-0.2, -0.15) is 0 Å². The number of nitrogens with one attached hydrogen (secondary N) is 3. The van der Waals surface area contributed by atoms with Crippen molar-refractivity contribution in [1.29, 1.82) is 0 Å². The van der Waals surface area contributed by atoms with Gasteiger partial charge in [-0.3, -0.25) is 9.59 Å². The molecule has 1 atom stereocenters. The fourth-order valence-electron chi connectivity index (χ4n) is 3.06. The number of hydrogen-bond acceptors (Lipinski definition) is 8. The van der Waals surface area contributed by atoms with Crippen LogP contribution in [0.2, 0.25) is 0 Å². The molecule has 1 aromatic carbocycles. The van der Waals surface area contributed by atoms with Crippen molar-refractivity contribution < 1.29 is 9.59 Å². The van der Waals surface area contributed by atoms with Gasteiger partial charge in [0.2, 0.25) is 11.8 Å². The summed E-state index contributed by atoms with van der Waals surface area (Å²) in [6.07, 6.45) is 2.21. The molecule has 2 aromatic heterocycles. The number of hydrogen-bond donors (Lipinski definition) is 3. The Hall–Kier alpha value is -3.53. The highest BCUT2D eigenvalue weighted by atomic mass is 32.1. The van der Waals surface area contributed by atoms with Gasteiger partial charge in [-0.1, -0.05) is 48.6 Å². The number of benzene rings is 1. The Bertz CT molecular complexity index is 1090. The smallest absolute Gasteiger partial charge is 0.242 e. The quantitative estimate of drug-likeness (QED) is 0.392. The maximum atomic E-state index is 12.3. The van der Waals surface area contributed by atoms with Gasteiger partial charge in [0.05, 0.1) is 4.88 Å². The molecule has 3 N–H and O–H groups in total. The Balaban J connectivity index is 1.53. The number of carbonyl (C=O) groups excluding carboxylic acids is 2. The second-order valence-corrected chi connectivity index (χ2v) is 8.49. The highest BCUT2D eigenvalue weighted by Crippen LogP contribution is 2.30.